The first kappa shape index (κ1) is 27.2. The van der Waals surface area contributed by atoms with E-state index in [1.165, 1.54) is 38.1 Å². The Hall–Kier alpha value is -3.02. The molecule has 0 atom stereocenters. The minimum absolute atomic E-state index is 0. The van der Waals surface area contributed by atoms with Gasteiger partial charge in [0.2, 0.25) is 0 Å². The van der Waals surface area contributed by atoms with Crippen LogP contribution in [0.15, 0.2) is 70.2 Å². The number of phenols is 1. The molecule has 0 amide bonds. The number of Topliss-reactive ketones (excluding diaryl/α,β-unsaturated/α-hetero) is 1. The molecule has 0 aliphatic heterocycles. The number of aromatic carboxylic acids is 1. The Morgan fingerprint density at radius 1 is 0.912 bits per heavy atom. The van der Waals surface area contributed by atoms with Gasteiger partial charge < -0.3 is 15.3 Å². The van der Waals surface area contributed by atoms with Gasteiger partial charge in [-0.1, -0.05) is 12.1 Å². The van der Waals surface area contributed by atoms with E-state index in [1.807, 2.05) is 0 Å². The molecule has 3 rings (SSSR count). The van der Waals surface area contributed by atoms with Crippen LogP contribution in [0.1, 0.15) is 34.0 Å². The number of carbonyl (C=O) groups excluding carboxylic acids is 1. The van der Waals surface area contributed by atoms with Crippen molar-refractivity contribution in [2.45, 2.75) is 18.7 Å². The number of aromatic hydroxyl groups is 1. The SMILES string of the molecule is CC1=C/C(=C(/c2cccc(S(=O)(=O)O)c2)c2cc(C)c(O)c(C(=O)O)c2)C=C(C(=O)O)C1=O.[Na]. The first-order valence-electron chi connectivity index (χ1n) is 9.38. The van der Waals surface area contributed by atoms with Crippen molar-refractivity contribution in [2.24, 2.45) is 0 Å². The van der Waals surface area contributed by atoms with E-state index in [-0.39, 0.29) is 63.0 Å². The number of allylic oxidation sites excluding steroid dienone is 4. The first-order valence-corrected chi connectivity index (χ1v) is 10.8. The smallest absolute Gasteiger partial charge is 0.339 e. The Balaban J connectivity index is 0.00000408. The van der Waals surface area contributed by atoms with Gasteiger partial charge in [-0.15, -0.1) is 0 Å². The van der Waals surface area contributed by atoms with Crippen molar-refractivity contribution in [1.82, 2.24) is 0 Å². The molecule has 0 heterocycles. The van der Waals surface area contributed by atoms with Gasteiger partial charge in [0.05, 0.1) is 4.90 Å². The molecule has 1 radical (unpaired) electrons. The van der Waals surface area contributed by atoms with Gasteiger partial charge in [0.1, 0.15) is 16.9 Å². The second kappa shape index (κ2) is 10.1. The predicted molar refractivity (Wildman–Crippen MR) is 122 cm³/mol. The zero-order chi connectivity index (χ0) is 24.7. The van der Waals surface area contributed by atoms with Crippen molar-refractivity contribution in [2.75, 3.05) is 0 Å². The molecule has 0 aromatic heterocycles. The zero-order valence-corrected chi connectivity index (χ0v) is 21.2. The van der Waals surface area contributed by atoms with E-state index in [1.54, 1.807) is 0 Å². The van der Waals surface area contributed by atoms with Crippen LogP contribution in [0, 0.1) is 6.92 Å². The van der Waals surface area contributed by atoms with Crippen molar-refractivity contribution < 1.29 is 42.7 Å². The number of ketones is 1. The van der Waals surface area contributed by atoms with Gasteiger partial charge in [0.25, 0.3) is 10.1 Å². The summed E-state index contributed by atoms with van der Waals surface area (Å²) in [5.74, 6) is -4.05. The van der Waals surface area contributed by atoms with E-state index < -0.39 is 49.6 Å². The zero-order valence-electron chi connectivity index (χ0n) is 18.4. The van der Waals surface area contributed by atoms with Crippen LogP contribution in [0.2, 0.25) is 0 Å². The number of carbonyl (C=O) groups is 3. The third-order valence-corrected chi connectivity index (χ3v) is 5.88. The maximum Gasteiger partial charge on any atom is 0.339 e. The van der Waals surface area contributed by atoms with Crippen molar-refractivity contribution in [3.8, 4) is 5.75 Å². The maximum absolute atomic E-state index is 12.3. The van der Waals surface area contributed by atoms with E-state index in [4.69, 9.17) is 0 Å². The number of aryl methyl sites for hydroxylation is 1. The summed E-state index contributed by atoms with van der Waals surface area (Å²) in [6, 6.07) is 7.70. The normalized spacial score (nSPS) is 15.1. The maximum atomic E-state index is 12.3. The molecule has 0 saturated heterocycles. The predicted octanol–water partition coefficient (Wildman–Crippen LogP) is 2.61. The summed E-state index contributed by atoms with van der Waals surface area (Å²) in [6.45, 7) is 2.88. The Morgan fingerprint density at radius 2 is 1.56 bits per heavy atom. The van der Waals surface area contributed by atoms with E-state index in [0.717, 1.165) is 24.3 Å². The number of aliphatic carboxylic acids is 1. The Kier molecular flexibility index (Phi) is 8.07. The summed E-state index contributed by atoms with van der Waals surface area (Å²) >= 11 is 0. The molecule has 4 N–H and O–H groups in total. The van der Waals surface area contributed by atoms with E-state index in [0.29, 0.717) is 0 Å². The molecule has 171 valence electrons. The molecule has 0 spiro atoms. The van der Waals surface area contributed by atoms with E-state index in [2.05, 4.69) is 0 Å². The number of carboxylic acid groups (broad SMARTS) is 2. The molecular weight excluding hydrogens is 475 g/mol. The van der Waals surface area contributed by atoms with Gasteiger partial charge in [-0.25, -0.2) is 9.59 Å². The molecule has 0 fully saturated rings. The number of rotatable bonds is 5. The average Bonchev–Trinajstić information content (AvgIpc) is 2.72. The van der Waals surface area contributed by atoms with Gasteiger partial charge in [0, 0.05) is 29.6 Å². The van der Waals surface area contributed by atoms with Gasteiger partial charge in [0.15, 0.2) is 5.78 Å². The molecule has 2 aromatic carbocycles. The number of benzene rings is 2. The Labute approximate surface area is 216 Å². The van der Waals surface area contributed by atoms with E-state index in [9.17, 15) is 42.7 Å². The van der Waals surface area contributed by atoms with Crippen molar-refractivity contribution >= 4 is 63.0 Å². The monoisotopic (exact) mass is 493 g/mol. The fourth-order valence-corrected chi connectivity index (χ4v) is 4.00. The van der Waals surface area contributed by atoms with Crippen LogP contribution >= 0.6 is 0 Å². The minimum Gasteiger partial charge on any atom is -0.507 e. The van der Waals surface area contributed by atoms with E-state index >= 15 is 0 Å². The average molecular weight is 493 g/mol. The molecular formula is C23H18NaO9S. The standard InChI is InChI=1S/C23H18O9S.Na/c1-11-6-14(9-17(20(11)24)22(26)27)19(13-4-3-5-16(8-13)33(30,31)32)15-7-12(2)21(25)18(10-15)23(28)29;/h3-10,24H,1-2H3,(H,26,27)(H,28,29)(H,30,31,32);/b19-15+;. The molecule has 0 unspecified atom stereocenters. The molecule has 9 nitrogen and oxygen atoms in total. The minimum atomic E-state index is -4.59. The van der Waals surface area contributed by atoms with Crippen LogP contribution in [-0.2, 0) is 19.7 Å². The second-order valence-electron chi connectivity index (χ2n) is 7.35. The third-order valence-electron chi connectivity index (χ3n) is 5.03. The molecule has 1 aliphatic rings. The third kappa shape index (κ3) is 5.37. The second-order valence-corrected chi connectivity index (χ2v) is 8.77. The quantitative estimate of drug-likeness (QED) is 0.278. The summed E-state index contributed by atoms with van der Waals surface area (Å²) in [5.41, 5.74) is 0.137. The molecule has 0 saturated carbocycles. The molecule has 0 bridgehead atoms. The Bertz CT molecular complexity index is 1430. The van der Waals surface area contributed by atoms with Crippen LogP contribution in [0.4, 0.5) is 0 Å². The molecule has 34 heavy (non-hydrogen) atoms. The van der Waals surface area contributed by atoms with Gasteiger partial charge in [-0.3, -0.25) is 9.35 Å². The van der Waals surface area contributed by atoms with Crippen LogP contribution in [0.5, 0.6) is 5.75 Å². The van der Waals surface area contributed by atoms with Crippen LogP contribution in [0.25, 0.3) is 5.57 Å². The van der Waals surface area contributed by atoms with Crippen LogP contribution in [-0.4, -0.2) is 75.6 Å². The van der Waals surface area contributed by atoms with Crippen LogP contribution < -0.4 is 0 Å². The molecule has 1 aliphatic carbocycles. The summed E-state index contributed by atoms with van der Waals surface area (Å²) in [6.07, 6.45) is 2.50. The Morgan fingerprint density at radius 3 is 2.12 bits per heavy atom. The van der Waals surface area contributed by atoms with Crippen molar-refractivity contribution in [3.63, 3.8) is 0 Å². The number of carboxylic acids is 2. The summed E-state index contributed by atoms with van der Waals surface area (Å²) < 4.78 is 32.8. The molecule has 11 heteroatoms. The number of hydrogen-bond donors (Lipinski definition) is 4. The number of hydrogen-bond acceptors (Lipinski definition) is 6. The summed E-state index contributed by atoms with van der Waals surface area (Å²) in [5, 5.41) is 29.1. The largest absolute Gasteiger partial charge is 0.507 e. The molecule has 2 aromatic rings. The summed E-state index contributed by atoms with van der Waals surface area (Å²) in [7, 11) is -4.59. The van der Waals surface area contributed by atoms with Crippen molar-refractivity contribution in [1.29, 1.82) is 0 Å². The first-order chi connectivity index (χ1) is 15.3. The van der Waals surface area contributed by atoms with Gasteiger partial charge in [-0.05, 0) is 83.7 Å². The summed E-state index contributed by atoms with van der Waals surface area (Å²) in [4.78, 5) is 35.1. The topological polar surface area (TPSA) is 166 Å². The van der Waals surface area contributed by atoms with Crippen molar-refractivity contribution in [3.05, 3.63) is 87.5 Å². The fourth-order valence-electron chi connectivity index (χ4n) is 3.48. The van der Waals surface area contributed by atoms with Gasteiger partial charge in [-0.2, -0.15) is 8.42 Å². The van der Waals surface area contributed by atoms with Crippen LogP contribution in [0.3, 0.4) is 0 Å². The fraction of sp³-hybridized carbons (Fsp3) is 0.0870. The van der Waals surface area contributed by atoms with Gasteiger partial charge >= 0.3 is 11.9 Å².